The lowest BCUT2D eigenvalue weighted by atomic mass is 10.2. The number of hydrogen-bond donors (Lipinski definition) is 1. The van der Waals surface area contributed by atoms with Crippen molar-refractivity contribution in [3.05, 3.63) is 53.3 Å². The zero-order valence-corrected chi connectivity index (χ0v) is 15.5. The van der Waals surface area contributed by atoms with E-state index in [2.05, 4.69) is 10.3 Å². The molecule has 0 fully saturated rings. The molecule has 0 spiro atoms. The molecule has 2 aromatic rings. The van der Waals surface area contributed by atoms with Crippen molar-refractivity contribution >= 4 is 39.0 Å². The second-order valence-corrected chi connectivity index (χ2v) is 7.90. The number of carbonyl (C=O) groups is 2. The fourth-order valence-electron chi connectivity index (χ4n) is 1.96. The summed E-state index contributed by atoms with van der Waals surface area (Å²) in [4.78, 5) is 27.4. The van der Waals surface area contributed by atoms with Crippen LogP contribution in [-0.4, -0.2) is 37.6 Å². The van der Waals surface area contributed by atoms with Crippen molar-refractivity contribution in [1.29, 1.82) is 0 Å². The van der Waals surface area contributed by atoms with Gasteiger partial charge in [-0.05, 0) is 31.2 Å². The number of halogens is 1. The Hall–Kier alpha value is -2.45. The lowest BCUT2D eigenvalue weighted by molar-refractivity contribution is -0.146. The molecule has 1 N–H and O–H groups in total. The largest absolute Gasteiger partial charge is 0.456 e. The highest BCUT2D eigenvalue weighted by atomic mass is 35.5. The molecule has 138 valence electrons. The summed E-state index contributed by atoms with van der Waals surface area (Å²) >= 11 is 5.80. The summed E-state index contributed by atoms with van der Waals surface area (Å²) in [6.45, 7) is 1.30. The summed E-state index contributed by atoms with van der Waals surface area (Å²) in [6.07, 6.45) is 1.11. The number of esters is 1. The van der Waals surface area contributed by atoms with Gasteiger partial charge in [0.2, 0.25) is 0 Å². The molecule has 2 rings (SSSR count). The number of ether oxygens (including phenoxy) is 1. The second-order valence-electron chi connectivity index (χ2n) is 5.43. The third kappa shape index (κ3) is 5.82. The third-order valence-corrected chi connectivity index (χ3v) is 5.39. The van der Waals surface area contributed by atoms with Gasteiger partial charge in [0.05, 0.1) is 22.8 Å². The topological polar surface area (TPSA) is 102 Å². The monoisotopic (exact) mass is 396 g/mol. The summed E-state index contributed by atoms with van der Waals surface area (Å²) in [5.41, 5.74) is 1.22. The summed E-state index contributed by atoms with van der Waals surface area (Å²) in [7, 11) is -3.59. The van der Waals surface area contributed by atoms with Gasteiger partial charge in [0.1, 0.15) is 0 Å². The molecule has 0 aliphatic rings. The van der Waals surface area contributed by atoms with Crippen molar-refractivity contribution in [3.63, 3.8) is 0 Å². The van der Waals surface area contributed by atoms with Gasteiger partial charge in [0, 0.05) is 6.20 Å². The van der Waals surface area contributed by atoms with Crippen LogP contribution in [0.2, 0.25) is 5.15 Å². The Morgan fingerprint density at radius 3 is 2.54 bits per heavy atom. The number of aromatic nitrogens is 1. The van der Waals surface area contributed by atoms with Gasteiger partial charge < -0.3 is 10.1 Å². The van der Waals surface area contributed by atoms with Gasteiger partial charge in [-0.2, -0.15) is 0 Å². The molecule has 0 atom stereocenters. The first-order chi connectivity index (χ1) is 12.3. The number of rotatable bonds is 7. The highest BCUT2D eigenvalue weighted by Gasteiger charge is 2.17. The number of sulfone groups is 1. The van der Waals surface area contributed by atoms with E-state index in [4.69, 9.17) is 16.3 Å². The number of anilines is 1. The maximum Gasteiger partial charge on any atom is 0.307 e. The van der Waals surface area contributed by atoms with Crippen molar-refractivity contribution in [3.8, 4) is 0 Å². The first kappa shape index (κ1) is 19.9. The molecule has 7 nitrogen and oxygen atoms in total. The van der Waals surface area contributed by atoms with Gasteiger partial charge in [0.15, 0.2) is 21.6 Å². The molecule has 1 heterocycles. The predicted molar refractivity (Wildman–Crippen MR) is 96.7 cm³/mol. The van der Waals surface area contributed by atoms with Crippen LogP contribution in [0.15, 0.2) is 47.5 Å². The van der Waals surface area contributed by atoms with Crippen LogP contribution in [0.1, 0.15) is 12.0 Å². The van der Waals surface area contributed by atoms with Gasteiger partial charge in [-0.3, -0.25) is 9.59 Å². The molecule has 0 unspecified atom stereocenters. The number of pyridine rings is 1. The predicted octanol–water partition coefficient (Wildman–Crippen LogP) is 2.39. The van der Waals surface area contributed by atoms with Crippen molar-refractivity contribution in [1.82, 2.24) is 4.98 Å². The van der Waals surface area contributed by atoms with Gasteiger partial charge >= 0.3 is 5.97 Å². The van der Waals surface area contributed by atoms with Crippen molar-refractivity contribution in [2.24, 2.45) is 0 Å². The fraction of sp³-hybridized carbons (Fsp3) is 0.235. The second kappa shape index (κ2) is 8.77. The van der Waals surface area contributed by atoms with Crippen LogP contribution in [-0.2, 0) is 24.2 Å². The number of aryl methyl sites for hydroxylation is 1. The summed E-state index contributed by atoms with van der Waals surface area (Å²) in [5, 5.41) is 2.55. The standard InChI is InChI=1S/C17H17ClN2O5S/c1-12-4-6-13(7-5-12)26(23,24)10-8-16(22)25-11-15(21)20-14-3-2-9-19-17(14)18/h2-7,9H,8,10-11H2,1H3,(H,20,21). The Morgan fingerprint density at radius 1 is 1.19 bits per heavy atom. The minimum Gasteiger partial charge on any atom is -0.456 e. The van der Waals surface area contributed by atoms with Gasteiger partial charge in [0.25, 0.3) is 5.91 Å². The molecule has 1 aromatic carbocycles. The van der Waals surface area contributed by atoms with Crippen LogP contribution in [0.4, 0.5) is 5.69 Å². The molecule has 0 saturated heterocycles. The quantitative estimate of drug-likeness (QED) is 0.569. The number of nitrogens with one attached hydrogen (secondary N) is 1. The summed E-state index contributed by atoms with van der Waals surface area (Å²) in [6, 6.07) is 9.47. The molecule has 1 amide bonds. The van der Waals surface area contributed by atoms with E-state index in [1.807, 2.05) is 6.92 Å². The molecule has 0 aliphatic heterocycles. The molecule has 1 aromatic heterocycles. The first-order valence-electron chi connectivity index (χ1n) is 7.63. The van der Waals surface area contributed by atoms with Crippen LogP contribution in [0.25, 0.3) is 0 Å². The van der Waals surface area contributed by atoms with Crippen molar-refractivity contribution in [2.75, 3.05) is 17.7 Å². The van der Waals surface area contributed by atoms with E-state index in [1.165, 1.54) is 18.3 Å². The molecular formula is C17H17ClN2O5S. The normalized spacial score (nSPS) is 11.0. The SMILES string of the molecule is Cc1ccc(S(=O)(=O)CCC(=O)OCC(=O)Nc2cccnc2Cl)cc1. The van der Waals surface area contributed by atoms with E-state index in [9.17, 15) is 18.0 Å². The fourth-order valence-corrected chi connectivity index (χ4v) is 3.35. The van der Waals surface area contributed by atoms with Crippen LogP contribution < -0.4 is 5.32 Å². The number of amides is 1. The van der Waals surface area contributed by atoms with Gasteiger partial charge in [-0.1, -0.05) is 29.3 Å². The smallest absolute Gasteiger partial charge is 0.307 e. The molecule has 26 heavy (non-hydrogen) atoms. The number of hydrogen-bond acceptors (Lipinski definition) is 6. The minimum atomic E-state index is -3.59. The van der Waals surface area contributed by atoms with Gasteiger partial charge in [-0.15, -0.1) is 0 Å². The Kier molecular flexibility index (Phi) is 6.70. The van der Waals surface area contributed by atoms with Crippen LogP contribution in [0, 0.1) is 6.92 Å². The Labute approximate surface area is 156 Å². The summed E-state index contributed by atoms with van der Waals surface area (Å²) < 4.78 is 29.1. The molecular weight excluding hydrogens is 380 g/mol. The van der Waals surface area contributed by atoms with Crippen LogP contribution in [0.5, 0.6) is 0 Å². The van der Waals surface area contributed by atoms with Crippen molar-refractivity contribution in [2.45, 2.75) is 18.2 Å². The zero-order chi connectivity index (χ0) is 19.2. The Bertz CT molecular complexity index is 898. The average molecular weight is 397 g/mol. The van der Waals surface area contributed by atoms with Crippen LogP contribution in [0.3, 0.4) is 0 Å². The van der Waals surface area contributed by atoms with E-state index < -0.39 is 34.1 Å². The lowest BCUT2D eigenvalue weighted by Gasteiger charge is -2.08. The van der Waals surface area contributed by atoms with Crippen molar-refractivity contribution < 1.29 is 22.7 Å². The number of nitrogens with zero attached hydrogens (tertiary/aromatic N) is 1. The van der Waals surface area contributed by atoms with E-state index in [-0.39, 0.29) is 22.2 Å². The van der Waals surface area contributed by atoms with E-state index in [0.29, 0.717) is 0 Å². The number of benzene rings is 1. The molecule has 0 radical (unpaired) electrons. The van der Waals surface area contributed by atoms with Crippen LogP contribution >= 0.6 is 11.6 Å². The number of carbonyl (C=O) groups excluding carboxylic acids is 2. The van der Waals surface area contributed by atoms with E-state index >= 15 is 0 Å². The average Bonchev–Trinajstić information content (AvgIpc) is 2.60. The zero-order valence-electron chi connectivity index (χ0n) is 13.9. The van der Waals surface area contributed by atoms with Gasteiger partial charge in [-0.25, -0.2) is 13.4 Å². The molecule has 9 heteroatoms. The highest BCUT2D eigenvalue weighted by molar-refractivity contribution is 7.91. The van der Waals surface area contributed by atoms with E-state index in [0.717, 1.165) is 5.56 Å². The maximum absolute atomic E-state index is 12.2. The highest BCUT2D eigenvalue weighted by Crippen LogP contribution is 2.17. The lowest BCUT2D eigenvalue weighted by Crippen LogP contribution is -2.22. The summed E-state index contributed by atoms with van der Waals surface area (Å²) in [5.74, 6) is -1.78. The molecule has 0 aliphatic carbocycles. The Balaban J connectivity index is 1.80. The molecule has 0 bridgehead atoms. The first-order valence-corrected chi connectivity index (χ1v) is 9.66. The minimum absolute atomic E-state index is 0.108. The Morgan fingerprint density at radius 2 is 1.88 bits per heavy atom. The molecule has 0 saturated carbocycles. The maximum atomic E-state index is 12.2. The van der Waals surface area contributed by atoms with E-state index in [1.54, 1.807) is 24.3 Å². The third-order valence-electron chi connectivity index (χ3n) is 3.35.